The third-order valence-corrected chi connectivity index (χ3v) is 6.05. The molecule has 1 saturated carbocycles. The van der Waals surface area contributed by atoms with E-state index in [-0.39, 0.29) is 35.8 Å². The molecule has 0 aromatic heterocycles. The number of likely N-dealkylation sites (tertiary alicyclic amines) is 1. The van der Waals surface area contributed by atoms with Crippen LogP contribution in [0.5, 0.6) is 0 Å². The van der Waals surface area contributed by atoms with E-state index >= 15 is 0 Å². The van der Waals surface area contributed by atoms with E-state index in [1.807, 2.05) is 0 Å². The highest BCUT2D eigenvalue weighted by molar-refractivity contribution is 6.12. The lowest BCUT2D eigenvalue weighted by Gasteiger charge is -2.57. The summed E-state index contributed by atoms with van der Waals surface area (Å²) in [5.74, 6) is -3.39. The number of ketones is 1. The number of nitrogens with zero attached hydrogens (tertiary/aromatic N) is 1. The third-order valence-electron chi connectivity index (χ3n) is 6.05. The molecule has 2 fully saturated rings. The molecule has 0 bridgehead atoms. The fourth-order valence-corrected chi connectivity index (χ4v) is 4.40. The van der Waals surface area contributed by atoms with Crippen LogP contribution in [0.2, 0.25) is 0 Å². The summed E-state index contributed by atoms with van der Waals surface area (Å²) in [5, 5.41) is 0. The van der Waals surface area contributed by atoms with Gasteiger partial charge in [-0.05, 0) is 59.6 Å². The Morgan fingerprint density at radius 3 is 2.03 bits per heavy atom. The molecule has 1 unspecified atom stereocenters. The molecule has 10 nitrogen and oxygen atoms in total. The lowest BCUT2D eigenvalue weighted by molar-refractivity contribution is -0.176. The summed E-state index contributed by atoms with van der Waals surface area (Å²) in [6.45, 7) is 9.84. The van der Waals surface area contributed by atoms with Crippen LogP contribution in [0.15, 0.2) is 24.3 Å². The van der Waals surface area contributed by atoms with Crippen LogP contribution in [-0.4, -0.2) is 72.7 Å². The molecule has 1 aromatic carbocycles. The molecule has 10 heteroatoms. The predicted octanol–water partition coefficient (Wildman–Crippen LogP) is 3.17. The average molecular weight is 504 g/mol. The predicted molar refractivity (Wildman–Crippen MR) is 126 cm³/mol. The number of carbonyl (C=O) groups excluding carboxylic acids is 5. The van der Waals surface area contributed by atoms with Crippen molar-refractivity contribution in [3.05, 3.63) is 35.4 Å². The van der Waals surface area contributed by atoms with Crippen molar-refractivity contribution in [1.82, 2.24) is 4.90 Å². The van der Waals surface area contributed by atoms with Gasteiger partial charge in [-0.25, -0.2) is 14.4 Å². The lowest BCUT2D eigenvalue weighted by Crippen LogP contribution is -2.65. The number of carbonyl (C=O) groups is 5. The Bertz CT molecular complexity index is 1010. The van der Waals surface area contributed by atoms with Crippen LogP contribution in [0.4, 0.5) is 4.79 Å². The van der Waals surface area contributed by atoms with E-state index < -0.39 is 41.3 Å². The van der Waals surface area contributed by atoms with Gasteiger partial charge in [-0.15, -0.1) is 0 Å². The number of amides is 1. The van der Waals surface area contributed by atoms with E-state index in [1.165, 1.54) is 24.3 Å². The number of ether oxygens (including phenoxy) is 4. The van der Waals surface area contributed by atoms with Crippen LogP contribution in [0.3, 0.4) is 0 Å². The van der Waals surface area contributed by atoms with Gasteiger partial charge in [0.1, 0.15) is 5.60 Å². The number of hydrogen-bond acceptors (Lipinski definition) is 9. The van der Waals surface area contributed by atoms with Crippen LogP contribution < -0.4 is 0 Å². The first kappa shape index (κ1) is 27.2. The molecular weight excluding hydrogens is 470 g/mol. The SMILES string of the molecule is CCOC(=O)c1ccc(C(=O)C(OC(=O)C2CC3(C2)CN(C(=O)OC(C)(C)C)C3)C(=O)OCC)cc1. The minimum absolute atomic E-state index is 0.00893. The summed E-state index contributed by atoms with van der Waals surface area (Å²) in [6, 6.07) is 5.54. The van der Waals surface area contributed by atoms with E-state index in [0.717, 1.165) is 0 Å². The van der Waals surface area contributed by atoms with Gasteiger partial charge < -0.3 is 23.8 Å². The summed E-state index contributed by atoms with van der Waals surface area (Å²) in [6.07, 6.45) is -1.16. The molecule has 1 aliphatic carbocycles. The molecule has 36 heavy (non-hydrogen) atoms. The molecule has 1 spiro atoms. The Kier molecular flexibility index (Phi) is 8.05. The molecule has 196 valence electrons. The largest absolute Gasteiger partial charge is 0.463 e. The molecule has 1 atom stereocenters. The zero-order valence-electron chi connectivity index (χ0n) is 21.3. The first-order valence-electron chi connectivity index (χ1n) is 12.0. The van der Waals surface area contributed by atoms with Crippen LogP contribution in [0.1, 0.15) is 68.2 Å². The summed E-state index contributed by atoms with van der Waals surface area (Å²) in [4.78, 5) is 63.8. The Balaban J connectivity index is 1.59. The van der Waals surface area contributed by atoms with E-state index in [4.69, 9.17) is 18.9 Å². The number of benzene rings is 1. The summed E-state index contributed by atoms with van der Waals surface area (Å²) in [5.41, 5.74) is -0.420. The van der Waals surface area contributed by atoms with Crippen molar-refractivity contribution >= 4 is 29.8 Å². The van der Waals surface area contributed by atoms with Gasteiger partial charge in [-0.2, -0.15) is 0 Å². The molecule has 1 heterocycles. The first-order valence-corrected chi connectivity index (χ1v) is 12.0. The fourth-order valence-electron chi connectivity index (χ4n) is 4.40. The molecule has 1 aliphatic heterocycles. The second-order valence-corrected chi connectivity index (χ2v) is 10.2. The standard InChI is InChI=1S/C26H33NO9/c1-6-33-21(29)17-10-8-16(9-11-17)19(28)20(23(31)34-7-2)35-22(30)18-12-26(13-18)14-27(15-26)24(32)36-25(3,4)5/h8-11,18,20H,6-7,12-15H2,1-5H3. The van der Waals surface area contributed by atoms with Gasteiger partial charge >= 0.3 is 24.0 Å². The first-order chi connectivity index (χ1) is 16.9. The van der Waals surface area contributed by atoms with Crippen molar-refractivity contribution in [3.63, 3.8) is 0 Å². The molecule has 0 radical (unpaired) electrons. The van der Waals surface area contributed by atoms with Crippen LogP contribution in [0, 0.1) is 11.3 Å². The maximum absolute atomic E-state index is 13.0. The Labute approximate surface area is 210 Å². The van der Waals surface area contributed by atoms with Crippen molar-refractivity contribution in [2.45, 2.75) is 59.2 Å². The van der Waals surface area contributed by atoms with Gasteiger partial charge in [-0.3, -0.25) is 9.59 Å². The van der Waals surface area contributed by atoms with Gasteiger partial charge in [0.25, 0.3) is 6.10 Å². The molecule has 1 aromatic rings. The summed E-state index contributed by atoms with van der Waals surface area (Å²) < 4.78 is 20.6. The zero-order chi connectivity index (χ0) is 26.7. The summed E-state index contributed by atoms with van der Waals surface area (Å²) in [7, 11) is 0. The smallest absolute Gasteiger partial charge is 0.410 e. The van der Waals surface area contributed by atoms with Gasteiger partial charge in [-0.1, -0.05) is 12.1 Å². The topological polar surface area (TPSA) is 126 Å². The highest BCUT2D eigenvalue weighted by Gasteiger charge is 2.57. The molecule has 2 aliphatic rings. The molecule has 3 rings (SSSR count). The number of esters is 3. The number of Topliss-reactive ketones (excluding diaryl/α,β-unsaturated/α-hetero) is 1. The molecular formula is C26H33NO9. The quantitative estimate of drug-likeness (QED) is 0.228. The van der Waals surface area contributed by atoms with E-state index in [9.17, 15) is 24.0 Å². The Morgan fingerprint density at radius 2 is 1.50 bits per heavy atom. The monoisotopic (exact) mass is 503 g/mol. The maximum atomic E-state index is 13.0. The van der Waals surface area contributed by atoms with Crippen molar-refractivity contribution in [1.29, 1.82) is 0 Å². The molecule has 0 N–H and O–H groups in total. The fraction of sp³-hybridized carbons (Fsp3) is 0.577. The van der Waals surface area contributed by atoms with E-state index in [1.54, 1.807) is 39.5 Å². The van der Waals surface area contributed by atoms with Crippen LogP contribution in [0.25, 0.3) is 0 Å². The summed E-state index contributed by atoms with van der Waals surface area (Å²) >= 11 is 0. The average Bonchev–Trinajstić information content (AvgIpc) is 2.74. The van der Waals surface area contributed by atoms with Crippen molar-refractivity contribution in [2.75, 3.05) is 26.3 Å². The molecule has 1 saturated heterocycles. The molecule has 1 amide bonds. The third kappa shape index (κ3) is 6.22. The Morgan fingerprint density at radius 1 is 0.944 bits per heavy atom. The minimum Gasteiger partial charge on any atom is -0.463 e. The normalized spacial score (nSPS) is 17.3. The Hall–Kier alpha value is -3.43. The lowest BCUT2D eigenvalue weighted by atomic mass is 9.58. The minimum atomic E-state index is -1.75. The highest BCUT2D eigenvalue weighted by Crippen LogP contribution is 2.52. The highest BCUT2D eigenvalue weighted by atomic mass is 16.6. The second-order valence-electron chi connectivity index (χ2n) is 10.2. The van der Waals surface area contributed by atoms with Crippen LogP contribution in [-0.2, 0) is 28.5 Å². The maximum Gasteiger partial charge on any atom is 0.410 e. The zero-order valence-corrected chi connectivity index (χ0v) is 21.3. The van der Waals surface area contributed by atoms with Gasteiger partial charge in [0, 0.05) is 24.1 Å². The van der Waals surface area contributed by atoms with Crippen molar-refractivity contribution < 1.29 is 42.9 Å². The van der Waals surface area contributed by atoms with Gasteiger partial charge in [0.05, 0.1) is 24.7 Å². The van der Waals surface area contributed by atoms with Crippen molar-refractivity contribution in [2.24, 2.45) is 11.3 Å². The van der Waals surface area contributed by atoms with Crippen molar-refractivity contribution in [3.8, 4) is 0 Å². The number of rotatable bonds is 8. The van der Waals surface area contributed by atoms with Gasteiger partial charge in [0.2, 0.25) is 5.78 Å². The van der Waals surface area contributed by atoms with E-state index in [0.29, 0.717) is 25.9 Å². The van der Waals surface area contributed by atoms with Gasteiger partial charge in [0.15, 0.2) is 0 Å². The number of hydrogen-bond donors (Lipinski definition) is 0. The second kappa shape index (κ2) is 10.7. The van der Waals surface area contributed by atoms with E-state index in [2.05, 4.69) is 0 Å². The van der Waals surface area contributed by atoms with Crippen LogP contribution >= 0.6 is 0 Å².